The molecule has 2 heteroatoms. The third-order valence-electron chi connectivity index (χ3n) is 5.38. The molecule has 28 heavy (non-hydrogen) atoms. The normalized spacial score (nSPS) is 12.7. The Labute approximate surface area is 167 Å². The molecule has 0 aromatic heterocycles. The second kappa shape index (κ2) is 8.22. The summed E-state index contributed by atoms with van der Waals surface area (Å²) >= 11 is 0. The molecule has 0 saturated heterocycles. The monoisotopic (exact) mass is 379 g/mol. The van der Waals surface area contributed by atoms with E-state index >= 15 is 0 Å². The summed E-state index contributed by atoms with van der Waals surface area (Å²) in [6.45, 7) is 0. The molecule has 0 fully saturated rings. The van der Waals surface area contributed by atoms with Crippen molar-refractivity contribution in [3.63, 3.8) is 0 Å². The number of benzene rings is 4. The van der Waals surface area contributed by atoms with Crippen LogP contribution in [0.5, 0.6) is 0 Å². The third kappa shape index (κ3) is 3.13. The Kier molecular flexibility index (Phi) is 5.34. The van der Waals surface area contributed by atoms with Crippen LogP contribution in [-0.4, -0.2) is 0 Å². The van der Waals surface area contributed by atoms with Crippen molar-refractivity contribution in [1.29, 1.82) is 5.26 Å². The number of nitrogens with zero attached hydrogens (tertiary/aromatic N) is 1. The first-order chi connectivity index (χ1) is 13.9. The van der Waals surface area contributed by atoms with Gasteiger partial charge in [0.2, 0.25) is 0 Å². The van der Waals surface area contributed by atoms with Crippen LogP contribution in [0.4, 0.5) is 0 Å². The van der Waals surface area contributed by atoms with Crippen LogP contribution in [-0.2, 0) is 0 Å². The van der Waals surface area contributed by atoms with Gasteiger partial charge in [0.15, 0.2) is 0 Å². The van der Waals surface area contributed by atoms with Gasteiger partial charge in [0, 0.05) is 0 Å². The molecule has 1 nitrogen and oxygen atoms in total. The van der Waals surface area contributed by atoms with Gasteiger partial charge >= 0.3 is 167 Å². The van der Waals surface area contributed by atoms with E-state index in [1.165, 1.54) is 15.9 Å². The first-order valence-corrected chi connectivity index (χ1v) is 11.6. The van der Waals surface area contributed by atoms with Gasteiger partial charge in [-0.15, -0.1) is 0 Å². The molecular weight excluding hydrogens is 357 g/mol. The second-order valence-electron chi connectivity index (χ2n) is 6.88. The molecule has 0 bridgehead atoms. The fraction of sp³-hybridized carbons (Fsp3) is 0.0385. The number of nitriles is 1. The predicted molar refractivity (Wildman–Crippen MR) is 121 cm³/mol. The van der Waals surface area contributed by atoms with E-state index < -0.39 is 7.26 Å². The molecule has 1 unspecified atom stereocenters. The van der Waals surface area contributed by atoms with Gasteiger partial charge in [0.05, 0.1) is 0 Å². The van der Waals surface area contributed by atoms with Crippen molar-refractivity contribution in [2.24, 2.45) is 0 Å². The molecule has 0 heterocycles. The van der Waals surface area contributed by atoms with Crippen LogP contribution < -0.4 is 15.9 Å². The van der Waals surface area contributed by atoms with Crippen LogP contribution in [0.25, 0.3) is 0 Å². The Bertz CT molecular complexity index is 958. The van der Waals surface area contributed by atoms with Crippen LogP contribution in [0.1, 0.15) is 11.2 Å². The summed E-state index contributed by atoms with van der Waals surface area (Å²) in [4.78, 5) is 0. The van der Waals surface area contributed by atoms with Gasteiger partial charge < -0.3 is 0 Å². The molecule has 4 aromatic carbocycles. The van der Waals surface area contributed by atoms with Gasteiger partial charge in [-0.2, -0.15) is 0 Å². The average molecular weight is 379 g/mol. The molecule has 0 spiro atoms. The summed E-state index contributed by atoms with van der Waals surface area (Å²) in [5, 5.41) is 14.2. The molecule has 0 radical (unpaired) electrons. The zero-order valence-electron chi connectivity index (χ0n) is 15.6. The van der Waals surface area contributed by atoms with Crippen molar-refractivity contribution < 1.29 is 0 Å². The van der Waals surface area contributed by atoms with Crippen molar-refractivity contribution in [2.45, 2.75) is 5.66 Å². The fourth-order valence-corrected chi connectivity index (χ4v) is 9.21. The van der Waals surface area contributed by atoms with Gasteiger partial charge in [-0.25, -0.2) is 0 Å². The van der Waals surface area contributed by atoms with Crippen molar-refractivity contribution in [3.05, 3.63) is 127 Å². The second-order valence-corrected chi connectivity index (χ2v) is 10.8. The Morgan fingerprint density at radius 3 is 1.14 bits per heavy atom. The van der Waals surface area contributed by atoms with Gasteiger partial charge in [-0.1, -0.05) is 0 Å². The van der Waals surface area contributed by atoms with Crippen LogP contribution in [0.15, 0.2) is 121 Å². The summed E-state index contributed by atoms with van der Waals surface area (Å²) in [5.74, 6) is 0. The summed E-state index contributed by atoms with van der Waals surface area (Å²) in [6.07, 6.45) is 0. The summed E-state index contributed by atoms with van der Waals surface area (Å²) in [6, 6.07) is 44.8. The Hall–Kier alpha value is -3.20. The van der Waals surface area contributed by atoms with E-state index in [1.54, 1.807) is 0 Å². The molecule has 0 aliphatic rings. The Balaban J connectivity index is 2.12. The number of hydrogen-bond donors (Lipinski definition) is 0. The number of hydrogen-bond acceptors (Lipinski definition) is 1. The molecule has 0 aliphatic carbocycles. The molecule has 0 N–H and O–H groups in total. The molecule has 136 valence electrons. The van der Waals surface area contributed by atoms with E-state index in [0.29, 0.717) is 0 Å². The minimum absolute atomic E-state index is 0.235. The van der Waals surface area contributed by atoms with E-state index in [1.807, 2.05) is 36.4 Å². The van der Waals surface area contributed by atoms with Crippen LogP contribution >= 0.6 is 7.26 Å². The molecule has 4 aromatic rings. The Morgan fingerprint density at radius 2 is 0.821 bits per heavy atom. The van der Waals surface area contributed by atoms with E-state index in [0.717, 1.165) is 5.56 Å². The molecule has 4 rings (SSSR count). The van der Waals surface area contributed by atoms with Gasteiger partial charge in [-0.3, -0.25) is 0 Å². The Morgan fingerprint density at radius 1 is 0.500 bits per heavy atom. The molecular formula is C26H22NP. The van der Waals surface area contributed by atoms with Crippen molar-refractivity contribution in [2.75, 3.05) is 0 Å². The van der Waals surface area contributed by atoms with Gasteiger partial charge in [-0.05, 0) is 0 Å². The SMILES string of the molecule is N#CC(c1ccccc1)[PH](c1ccccc1)(c1ccccc1)c1ccccc1. The molecule has 1 atom stereocenters. The summed E-state index contributed by atoms with van der Waals surface area (Å²) in [7, 11) is -2.66. The van der Waals surface area contributed by atoms with E-state index in [4.69, 9.17) is 0 Å². The zero-order chi connectivity index (χ0) is 19.2. The fourth-order valence-electron chi connectivity index (χ4n) is 4.17. The maximum atomic E-state index is 10.5. The first kappa shape index (κ1) is 18.2. The van der Waals surface area contributed by atoms with Gasteiger partial charge in [0.1, 0.15) is 0 Å². The van der Waals surface area contributed by atoms with E-state index in [2.05, 4.69) is 91.0 Å². The minimum atomic E-state index is -2.66. The zero-order valence-corrected chi connectivity index (χ0v) is 16.6. The van der Waals surface area contributed by atoms with Crippen LogP contribution in [0.3, 0.4) is 0 Å². The maximum absolute atomic E-state index is 10.5. The number of rotatable bonds is 5. The van der Waals surface area contributed by atoms with Crippen molar-refractivity contribution >= 4 is 23.2 Å². The van der Waals surface area contributed by atoms with Crippen molar-refractivity contribution in [1.82, 2.24) is 0 Å². The molecule has 0 aliphatic heterocycles. The quantitative estimate of drug-likeness (QED) is 0.449. The molecule has 0 saturated carbocycles. The molecule has 0 amide bonds. The van der Waals surface area contributed by atoms with Crippen LogP contribution in [0.2, 0.25) is 0 Å². The first-order valence-electron chi connectivity index (χ1n) is 9.48. The summed E-state index contributed by atoms with van der Waals surface area (Å²) < 4.78 is 0. The summed E-state index contributed by atoms with van der Waals surface area (Å²) in [5.41, 5.74) is 0.842. The predicted octanol–water partition coefficient (Wildman–Crippen LogP) is 4.98. The topological polar surface area (TPSA) is 23.8 Å². The van der Waals surface area contributed by atoms with Crippen molar-refractivity contribution in [3.8, 4) is 6.07 Å². The third-order valence-corrected chi connectivity index (χ3v) is 10.4. The van der Waals surface area contributed by atoms with E-state index in [-0.39, 0.29) is 5.66 Å². The van der Waals surface area contributed by atoms with Crippen LogP contribution in [0, 0.1) is 11.3 Å². The van der Waals surface area contributed by atoms with Gasteiger partial charge in [0.25, 0.3) is 0 Å². The average Bonchev–Trinajstić information content (AvgIpc) is 2.80. The van der Waals surface area contributed by atoms with E-state index in [9.17, 15) is 5.26 Å². The standard InChI is InChI=1S/C26H22NP/c27-21-26(22-13-5-1-6-14-22)28(23-15-7-2-8-16-23,24-17-9-3-10-18-24)25-19-11-4-12-20-25/h1-20,26,28H.